The minimum absolute atomic E-state index is 0.572. The van der Waals surface area contributed by atoms with Crippen LogP contribution in [-0.2, 0) is 4.74 Å². The lowest BCUT2D eigenvalue weighted by Crippen LogP contribution is -2.43. The zero-order chi connectivity index (χ0) is 9.73. The smallest absolute Gasteiger partial charge is 0.0589 e. The highest BCUT2D eigenvalue weighted by atomic mass is 79.9. The van der Waals surface area contributed by atoms with Gasteiger partial charge in [0.15, 0.2) is 0 Å². The summed E-state index contributed by atoms with van der Waals surface area (Å²) < 4.78 is 5.06. The van der Waals surface area contributed by atoms with E-state index in [1.54, 1.807) is 7.11 Å². The molecular formula is C10H20BrNO. The molecule has 0 bridgehead atoms. The van der Waals surface area contributed by atoms with Crippen LogP contribution in [0.2, 0.25) is 0 Å². The Labute approximate surface area is 89.8 Å². The molecule has 1 saturated carbocycles. The van der Waals surface area contributed by atoms with Crippen LogP contribution in [-0.4, -0.2) is 44.1 Å². The number of rotatable bonds is 6. The van der Waals surface area contributed by atoms with Crippen LogP contribution in [0.15, 0.2) is 0 Å². The van der Waals surface area contributed by atoms with Crippen LogP contribution < -0.4 is 0 Å². The number of nitrogens with zero attached hydrogens (tertiary/aromatic N) is 1. The van der Waals surface area contributed by atoms with Crippen molar-refractivity contribution in [1.29, 1.82) is 0 Å². The van der Waals surface area contributed by atoms with Gasteiger partial charge in [-0.2, -0.15) is 0 Å². The number of hydrogen-bond acceptors (Lipinski definition) is 2. The maximum atomic E-state index is 5.06. The molecule has 0 heterocycles. The van der Waals surface area contributed by atoms with Crippen molar-refractivity contribution in [3.05, 3.63) is 0 Å². The van der Waals surface area contributed by atoms with E-state index < -0.39 is 0 Å². The van der Waals surface area contributed by atoms with E-state index in [1.165, 1.54) is 25.8 Å². The Kier molecular flexibility index (Phi) is 4.70. The number of likely N-dealkylation sites (N-methyl/N-ethyl adjacent to an activating group) is 1. The Hall–Kier alpha value is 0.400. The molecule has 0 aromatic rings. The molecule has 0 unspecified atom stereocenters. The Bertz CT molecular complexity index is 142. The highest BCUT2D eigenvalue weighted by Gasteiger charge is 2.36. The lowest BCUT2D eigenvalue weighted by Gasteiger charge is -2.43. The third-order valence-corrected chi connectivity index (χ3v) is 4.17. The molecule has 78 valence electrons. The predicted octanol–water partition coefficient (Wildman–Crippen LogP) is 2.13. The van der Waals surface area contributed by atoms with Crippen molar-refractivity contribution in [3.8, 4) is 0 Å². The normalized spacial score (nSPS) is 20.3. The molecule has 0 saturated heterocycles. The number of methoxy groups -OCH3 is 1. The summed E-state index contributed by atoms with van der Waals surface area (Å²) in [6, 6.07) is 0. The quantitative estimate of drug-likeness (QED) is 0.669. The number of alkyl halides is 1. The van der Waals surface area contributed by atoms with Crippen LogP contribution in [0.1, 0.15) is 19.3 Å². The van der Waals surface area contributed by atoms with Crippen molar-refractivity contribution in [3.63, 3.8) is 0 Å². The van der Waals surface area contributed by atoms with Crippen LogP contribution >= 0.6 is 15.9 Å². The van der Waals surface area contributed by atoms with Gasteiger partial charge in [-0.25, -0.2) is 0 Å². The van der Waals surface area contributed by atoms with E-state index in [2.05, 4.69) is 27.9 Å². The van der Waals surface area contributed by atoms with Crippen molar-refractivity contribution >= 4 is 15.9 Å². The Morgan fingerprint density at radius 1 is 1.46 bits per heavy atom. The van der Waals surface area contributed by atoms with Crippen LogP contribution in [0.3, 0.4) is 0 Å². The zero-order valence-corrected chi connectivity index (χ0v) is 10.3. The first-order chi connectivity index (χ1) is 6.22. The van der Waals surface area contributed by atoms with Gasteiger partial charge in [0, 0.05) is 25.5 Å². The Balaban J connectivity index is 2.21. The first-order valence-electron chi connectivity index (χ1n) is 4.96. The topological polar surface area (TPSA) is 12.5 Å². The van der Waals surface area contributed by atoms with Crippen molar-refractivity contribution in [2.45, 2.75) is 19.3 Å². The van der Waals surface area contributed by atoms with Crippen molar-refractivity contribution in [2.75, 3.05) is 39.2 Å². The SMILES string of the molecule is COCCN(C)CC1(CBr)CCC1. The summed E-state index contributed by atoms with van der Waals surface area (Å²) in [6.07, 6.45) is 4.18. The molecule has 0 spiro atoms. The molecule has 2 nitrogen and oxygen atoms in total. The average molecular weight is 250 g/mol. The molecule has 3 heteroatoms. The summed E-state index contributed by atoms with van der Waals surface area (Å²) in [5.41, 5.74) is 0.572. The predicted molar refractivity (Wildman–Crippen MR) is 59.5 cm³/mol. The number of halogens is 1. The fourth-order valence-corrected chi connectivity index (χ4v) is 2.65. The van der Waals surface area contributed by atoms with Gasteiger partial charge in [-0.05, 0) is 25.3 Å². The van der Waals surface area contributed by atoms with E-state index in [9.17, 15) is 0 Å². The summed E-state index contributed by atoms with van der Waals surface area (Å²) in [6.45, 7) is 3.10. The minimum Gasteiger partial charge on any atom is -0.383 e. The second-order valence-corrected chi connectivity index (χ2v) is 4.78. The average Bonchev–Trinajstić information content (AvgIpc) is 2.08. The second kappa shape index (κ2) is 5.32. The van der Waals surface area contributed by atoms with Crippen LogP contribution in [0.5, 0.6) is 0 Å². The van der Waals surface area contributed by atoms with Crippen LogP contribution in [0, 0.1) is 5.41 Å². The third-order valence-electron chi connectivity index (χ3n) is 2.98. The number of ether oxygens (including phenoxy) is 1. The summed E-state index contributed by atoms with van der Waals surface area (Å²) in [5.74, 6) is 0. The molecule has 0 radical (unpaired) electrons. The van der Waals surface area contributed by atoms with Gasteiger partial charge >= 0.3 is 0 Å². The molecule has 0 aliphatic heterocycles. The molecule has 13 heavy (non-hydrogen) atoms. The van der Waals surface area contributed by atoms with Gasteiger partial charge in [-0.3, -0.25) is 0 Å². The van der Waals surface area contributed by atoms with Crippen LogP contribution in [0.4, 0.5) is 0 Å². The molecular weight excluding hydrogens is 230 g/mol. The lowest BCUT2D eigenvalue weighted by molar-refractivity contribution is 0.0854. The van der Waals surface area contributed by atoms with E-state index in [1.807, 2.05) is 0 Å². The standard InChI is InChI=1S/C10H20BrNO/c1-12(6-7-13-2)9-10(8-11)4-3-5-10/h3-9H2,1-2H3. The molecule has 1 aliphatic rings. The number of hydrogen-bond donors (Lipinski definition) is 0. The van der Waals surface area contributed by atoms with Gasteiger partial charge in [0.2, 0.25) is 0 Å². The molecule has 0 atom stereocenters. The fraction of sp³-hybridized carbons (Fsp3) is 1.00. The summed E-state index contributed by atoms with van der Waals surface area (Å²) >= 11 is 3.62. The van der Waals surface area contributed by atoms with E-state index in [4.69, 9.17) is 4.74 Å². The van der Waals surface area contributed by atoms with Crippen molar-refractivity contribution in [2.24, 2.45) is 5.41 Å². The maximum Gasteiger partial charge on any atom is 0.0589 e. The van der Waals surface area contributed by atoms with E-state index in [-0.39, 0.29) is 0 Å². The second-order valence-electron chi connectivity index (χ2n) is 4.22. The van der Waals surface area contributed by atoms with Gasteiger partial charge in [0.05, 0.1) is 6.61 Å². The molecule has 0 amide bonds. The highest BCUT2D eigenvalue weighted by Crippen LogP contribution is 2.42. The molecule has 0 N–H and O–H groups in total. The monoisotopic (exact) mass is 249 g/mol. The summed E-state index contributed by atoms with van der Waals surface area (Å²) in [5, 5.41) is 1.15. The van der Waals surface area contributed by atoms with Crippen molar-refractivity contribution in [1.82, 2.24) is 4.90 Å². The first kappa shape index (κ1) is 11.5. The maximum absolute atomic E-state index is 5.06. The Morgan fingerprint density at radius 2 is 2.15 bits per heavy atom. The molecule has 1 fully saturated rings. The molecule has 0 aromatic carbocycles. The molecule has 1 aliphatic carbocycles. The first-order valence-corrected chi connectivity index (χ1v) is 6.08. The summed E-state index contributed by atoms with van der Waals surface area (Å²) in [7, 11) is 3.94. The van der Waals surface area contributed by atoms with Crippen LogP contribution in [0.25, 0.3) is 0 Å². The van der Waals surface area contributed by atoms with E-state index >= 15 is 0 Å². The Morgan fingerprint density at radius 3 is 2.54 bits per heavy atom. The largest absolute Gasteiger partial charge is 0.383 e. The fourth-order valence-electron chi connectivity index (χ4n) is 1.91. The van der Waals surface area contributed by atoms with Gasteiger partial charge in [-0.15, -0.1) is 0 Å². The molecule has 0 aromatic heterocycles. The van der Waals surface area contributed by atoms with Crippen molar-refractivity contribution < 1.29 is 4.74 Å². The van der Waals surface area contributed by atoms with E-state index in [0.717, 1.165) is 18.5 Å². The third kappa shape index (κ3) is 3.22. The van der Waals surface area contributed by atoms with Gasteiger partial charge in [0.25, 0.3) is 0 Å². The highest BCUT2D eigenvalue weighted by molar-refractivity contribution is 9.09. The van der Waals surface area contributed by atoms with Gasteiger partial charge in [0.1, 0.15) is 0 Å². The van der Waals surface area contributed by atoms with Gasteiger partial charge < -0.3 is 9.64 Å². The lowest BCUT2D eigenvalue weighted by atomic mass is 9.70. The van der Waals surface area contributed by atoms with Gasteiger partial charge in [-0.1, -0.05) is 22.4 Å². The molecule has 1 rings (SSSR count). The minimum atomic E-state index is 0.572. The summed E-state index contributed by atoms with van der Waals surface area (Å²) in [4.78, 5) is 2.38. The van der Waals surface area contributed by atoms with E-state index in [0.29, 0.717) is 5.41 Å². The zero-order valence-electron chi connectivity index (χ0n) is 8.68.